The van der Waals surface area contributed by atoms with Crippen molar-refractivity contribution in [2.75, 3.05) is 0 Å². The van der Waals surface area contributed by atoms with Gasteiger partial charge in [-0.25, -0.2) is 0 Å². The molecular formula is C24H18F3N. The highest BCUT2D eigenvalue weighted by Gasteiger charge is 2.34. The Morgan fingerprint density at radius 1 is 0.786 bits per heavy atom. The summed E-state index contributed by atoms with van der Waals surface area (Å²) in [5, 5.41) is 0.515. The highest BCUT2D eigenvalue weighted by Crippen LogP contribution is 2.41. The molecule has 0 N–H and O–H groups in total. The van der Waals surface area contributed by atoms with Crippen molar-refractivity contribution in [2.45, 2.75) is 19.0 Å². The van der Waals surface area contributed by atoms with E-state index in [2.05, 4.69) is 11.9 Å². The van der Waals surface area contributed by atoms with Crippen molar-refractivity contribution < 1.29 is 13.2 Å². The van der Waals surface area contributed by atoms with Gasteiger partial charge in [-0.15, -0.1) is 0 Å². The lowest BCUT2D eigenvalue weighted by Gasteiger charge is -2.20. The zero-order valence-electron chi connectivity index (χ0n) is 15.2. The number of hydrogen-bond acceptors (Lipinski definition) is 1. The van der Waals surface area contributed by atoms with Crippen molar-refractivity contribution >= 4 is 10.9 Å². The number of fused-ring (bicyclic) bond motifs is 1. The fourth-order valence-corrected chi connectivity index (χ4v) is 3.64. The van der Waals surface area contributed by atoms with Crippen LogP contribution in [0.25, 0.3) is 22.0 Å². The Hall–Kier alpha value is -3.14. The maximum Gasteiger partial charge on any atom is 0.418 e. The Labute approximate surface area is 161 Å². The summed E-state index contributed by atoms with van der Waals surface area (Å²) >= 11 is 0. The lowest BCUT2D eigenvalue weighted by Crippen LogP contribution is -2.08. The summed E-state index contributed by atoms with van der Waals surface area (Å²) in [6, 6.07) is 23.7. The fraction of sp³-hybridized carbons (Fsp3) is 0.125. The summed E-state index contributed by atoms with van der Waals surface area (Å²) in [7, 11) is 0. The standard InChI is InChI=1S/C24H18F3N/c1-16(17-9-4-2-5-10-17)20-15-28-23-19(13-8-14-21(23)24(25,26)27)22(20)18-11-6-3-7-12-18/h2-16H,1H3. The number of aromatic nitrogens is 1. The third-order valence-electron chi connectivity index (χ3n) is 5.06. The van der Waals surface area contributed by atoms with Crippen molar-refractivity contribution in [3.63, 3.8) is 0 Å². The molecule has 0 bridgehead atoms. The molecule has 4 heteroatoms. The Morgan fingerprint density at radius 2 is 1.43 bits per heavy atom. The molecule has 1 atom stereocenters. The summed E-state index contributed by atoms with van der Waals surface area (Å²) in [6.07, 6.45) is -2.86. The number of halogens is 3. The van der Waals surface area contributed by atoms with Crippen LogP contribution < -0.4 is 0 Å². The molecular weight excluding hydrogens is 359 g/mol. The number of rotatable bonds is 3. The molecule has 0 amide bonds. The molecule has 4 rings (SSSR count). The quantitative estimate of drug-likeness (QED) is 0.372. The molecule has 0 fully saturated rings. The lowest BCUT2D eigenvalue weighted by atomic mass is 9.86. The summed E-state index contributed by atoms with van der Waals surface area (Å²) < 4.78 is 40.6. The van der Waals surface area contributed by atoms with E-state index in [1.165, 1.54) is 6.07 Å². The summed E-state index contributed by atoms with van der Waals surface area (Å²) in [4.78, 5) is 4.26. The van der Waals surface area contributed by atoms with E-state index in [0.29, 0.717) is 5.39 Å². The number of benzene rings is 3. The van der Waals surface area contributed by atoms with Gasteiger partial charge in [0.05, 0.1) is 11.1 Å². The molecule has 1 unspecified atom stereocenters. The zero-order chi connectivity index (χ0) is 19.7. The second-order valence-electron chi connectivity index (χ2n) is 6.79. The van der Waals surface area contributed by atoms with Gasteiger partial charge in [-0.2, -0.15) is 13.2 Å². The SMILES string of the molecule is CC(c1ccccc1)c1cnc2c(C(F)(F)F)cccc2c1-c1ccccc1. The average molecular weight is 377 g/mol. The van der Waals surface area contributed by atoms with Crippen LogP contribution in [0.4, 0.5) is 13.2 Å². The van der Waals surface area contributed by atoms with Crippen LogP contribution in [0.5, 0.6) is 0 Å². The Morgan fingerprint density at radius 3 is 2.07 bits per heavy atom. The predicted molar refractivity (Wildman–Crippen MR) is 106 cm³/mol. The molecule has 0 aliphatic rings. The number of pyridine rings is 1. The van der Waals surface area contributed by atoms with E-state index in [1.807, 2.05) is 60.7 Å². The van der Waals surface area contributed by atoms with Crippen LogP contribution in [-0.2, 0) is 6.18 Å². The molecule has 4 aromatic rings. The largest absolute Gasteiger partial charge is 0.418 e. The minimum atomic E-state index is -4.45. The topological polar surface area (TPSA) is 12.9 Å². The van der Waals surface area contributed by atoms with Gasteiger partial charge < -0.3 is 0 Å². The molecule has 140 valence electrons. The number of para-hydroxylation sites is 1. The third-order valence-corrected chi connectivity index (χ3v) is 5.06. The van der Waals surface area contributed by atoms with E-state index in [4.69, 9.17) is 0 Å². The van der Waals surface area contributed by atoms with E-state index in [9.17, 15) is 13.2 Å². The van der Waals surface area contributed by atoms with Crippen LogP contribution in [0.15, 0.2) is 85.1 Å². The molecule has 0 aliphatic carbocycles. The van der Waals surface area contributed by atoms with Gasteiger partial charge in [0.2, 0.25) is 0 Å². The number of nitrogens with zero attached hydrogens (tertiary/aromatic N) is 1. The first-order valence-electron chi connectivity index (χ1n) is 9.06. The van der Waals surface area contributed by atoms with Crippen molar-refractivity contribution in [1.82, 2.24) is 4.98 Å². The molecule has 1 heterocycles. The van der Waals surface area contributed by atoms with Crippen molar-refractivity contribution in [3.05, 3.63) is 102 Å². The van der Waals surface area contributed by atoms with Gasteiger partial charge in [-0.05, 0) is 28.3 Å². The third kappa shape index (κ3) is 3.26. The maximum absolute atomic E-state index is 13.5. The molecule has 1 nitrogen and oxygen atoms in total. The van der Waals surface area contributed by atoms with E-state index in [0.717, 1.165) is 28.3 Å². The van der Waals surface area contributed by atoms with Crippen LogP contribution in [0, 0.1) is 0 Å². The molecule has 0 aliphatic heterocycles. The van der Waals surface area contributed by atoms with Gasteiger partial charge in [0.1, 0.15) is 0 Å². The molecule has 28 heavy (non-hydrogen) atoms. The average Bonchev–Trinajstić information content (AvgIpc) is 2.72. The monoisotopic (exact) mass is 377 g/mol. The van der Waals surface area contributed by atoms with E-state index >= 15 is 0 Å². The van der Waals surface area contributed by atoms with E-state index in [1.54, 1.807) is 12.3 Å². The van der Waals surface area contributed by atoms with E-state index in [-0.39, 0.29) is 11.4 Å². The second-order valence-corrected chi connectivity index (χ2v) is 6.79. The van der Waals surface area contributed by atoms with Gasteiger partial charge in [0.15, 0.2) is 0 Å². The minimum absolute atomic E-state index is 0.0113. The first-order valence-corrected chi connectivity index (χ1v) is 9.06. The van der Waals surface area contributed by atoms with Crippen LogP contribution in [0.1, 0.15) is 29.5 Å². The van der Waals surface area contributed by atoms with Gasteiger partial charge in [-0.3, -0.25) is 4.98 Å². The van der Waals surface area contributed by atoms with Crippen LogP contribution >= 0.6 is 0 Å². The fourth-order valence-electron chi connectivity index (χ4n) is 3.64. The van der Waals surface area contributed by atoms with Gasteiger partial charge in [-0.1, -0.05) is 79.7 Å². The highest BCUT2D eigenvalue weighted by atomic mass is 19.4. The van der Waals surface area contributed by atoms with Crippen molar-refractivity contribution in [2.24, 2.45) is 0 Å². The number of alkyl halides is 3. The highest BCUT2D eigenvalue weighted by molar-refractivity contribution is 5.98. The molecule has 0 radical (unpaired) electrons. The smallest absolute Gasteiger partial charge is 0.255 e. The van der Waals surface area contributed by atoms with Crippen molar-refractivity contribution in [1.29, 1.82) is 0 Å². The molecule has 3 aromatic carbocycles. The molecule has 0 saturated heterocycles. The first-order chi connectivity index (χ1) is 13.5. The lowest BCUT2D eigenvalue weighted by molar-refractivity contribution is -0.136. The normalized spacial score (nSPS) is 12.9. The van der Waals surface area contributed by atoms with Gasteiger partial charge in [0.25, 0.3) is 0 Å². The Kier molecular flexibility index (Phi) is 4.63. The second kappa shape index (κ2) is 7.12. The zero-order valence-corrected chi connectivity index (χ0v) is 15.2. The van der Waals surface area contributed by atoms with Crippen LogP contribution in [0.3, 0.4) is 0 Å². The number of hydrogen-bond donors (Lipinski definition) is 0. The summed E-state index contributed by atoms with van der Waals surface area (Å²) in [5.41, 5.74) is 2.95. The van der Waals surface area contributed by atoms with Crippen LogP contribution in [0.2, 0.25) is 0 Å². The van der Waals surface area contributed by atoms with Gasteiger partial charge in [0, 0.05) is 17.5 Å². The predicted octanol–water partition coefficient (Wildman–Crippen LogP) is 7.07. The minimum Gasteiger partial charge on any atom is -0.255 e. The molecule has 0 spiro atoms. The van der Waals surface area contributed by atoms with E-state index < -0.39 is 11.7 Å². The summed E-state index contributed by atoms with van der Waals surface area (Å²) in [6.45, 7) is 2.05. The summed E-state index contributed by atoms with van der Waals surface area (Å²) in [5.74, 6) is -0.0113. The maximum atomic E-state index is 13.5. The Balaban J connectivity index is 2.04. The van der Waals surface area contributed by atoms with Crippen LogP contribution in [-0.4, -0.2) is 4.98 Å². The Bertz CT molecular complexity index is 1100. The first kappa shape index (κ1) is 18.2. The van der Waals surface area contributed by atoms with Gasteiger partial charge >= 0.3 is 6.18 Å². The van der Waals surface area contributed by atoms with Crippen molar-refractivity contribution in [3.8, 4) is 11.1 Å². The molecule has 1 aromatic heterocycles. The molecule has 0 saturated carbocycles.